The average Bonchev–Trinajstić information content (AvgIpc) is 2.97. The summed E-state index contributed by atoms with van der Waals surface area (Å²) < 4.78 is 13.8. The summed E-state index contributed by atoms with van der Waals surface area (Å²) in [4.78, 5) is 0. The highest BCUT2D eigenvalue weighted by molar-refractivity contribution is 5.25. The van der Waals surface area contributed by atoms with E-state index in [2.05, 4.69) is 10.6 Å². The molecule has 0 radical (unpaired) electrons. The summed E-state index contributed by atoms with van der Waals surface area (Å²) in [6.07, 6.45) is 4.75. The van der Waals surface area contributed by atoms with Gasteiger partial charge in [-0.2, -0.15) is 0 Å². The number of aliphatic hydroxyl groups is 1. The number of hydrogen-bond acceptors (Lipinski definition) is 3. The molecule has 1 saturated carbocycles. The molecular weight excluding hydrogens is 243 g/mol. The standard InChI is InChI=1S/C15H21FN2O/c16-13-4-3-11(10-19)8-12(13)9-18-15-5-1-2-14(15)17-7-6-15/h3-4,8,14,17-19H,1-2,5-7,9-10H2. The predicted molar refractivity (Wildman–Crippen MR) is 72.2 cm³/mol. The fourth-order valence-corrected chi connectivity index (χ4v) is 3.57. The van der Waals surface area contributed by atoms with E-state index < -0.39 is 0 Å². The molecule has 0 amide bonds. The monoisotopic (exact) mass is 264 g/mol. The highest BCUT2D eigenvalue weighted by atomic mass is 19.1. The van der Waals surface area contributed by atoms with E-state index in [-0.39, 0.29) is 18.0 Å². The van der Waals surface area contributed by atoms with Gasteiger partial charge in [0.05, 0.1) is 6.61 Å². The lowest BCUT2D eigenvalue weighted by Gasteiger charge is -2.30. The minimum Gasteiger partial charge on any atom is -0.392 e. The van der Waals surface area contributed by atoms with E-state index >= 15 is 0 Å². The zero-order chi connectivity index (χ0) is 13.3. The lowest BCUT2D eigenvalue weighted by molar-refractivity contribution is 0.281. The molecule has 1 heterocycles. The van der Waals surface area contributed by atoms with Crippen molar-refractivity contribution in [3.05, 3.63) is 35.1 Å². The molecule has 1 aromatic carbocycles. The van der Waals surface area contributed by atoms with Gasteiger partial charge in [0.2, 0.25) is 0 Å². The molecule has 1 saturated heterocycles. The molecule has 19 heavy (non-hydrogen) atoms. The van der Waals surface area contributed by atoms with Crippen LogP contribution in [0.3, 0.4) is 0 Å². The van der Waals surface area contributed by atoms with E-state index in [0.717, 1.165) is 18.5 Å². The third kappa shape index (κ3) is 2.40. The number of hydrogen-bond donors (Lipinski definition) is 3. The zero-order valence-electron chi connectivity index (χ0n) is 11.1. The second-order valence-electron chi connectivity index (χ2n) is 5.74. The molecule has 0 spiro atoms. The predicted octanol–water partition coefficient (Wildman–Crippen LogP) is 1.69. The molecule has 3 N–H and O–H groups in total. The summed E-state index contributed by atoms with van der Waals surface area (Å²) in [6, 6.07) is 5.37. The molecule has 2 atom stereocenters. The maximum atomic E-state index is 13.8. The van der Waals surface area contributed by atoms with Gasteiger partial charge in [0, 0.05) is 23.7 Å². The quantitative estimate of drug-likeness (QED) is 0.775. The number of rotatable bonds is 4. The number of nitrogens with one attached hydrogen (secondary N) is 2. The lowest BCUT2D eigenvalue weighted by Crippen LogP contribution is -2.49. The first kappa shape index (κ1) is 13.0. The summed E-state index contributed by atoms with van der Waals surface area (Å²) in [6.45, 7) is 1.55. The number of benzene rings is 1. The average molecular weight is 264 g/mol. The topological polar surface area (TPSA) is 44.3 Å². The molecular formula is C15H21FN2O. The van der Waals surface area contributed by atoms with Crippen LogP contribution < -0.4 is 10.6 Å². The summed E-state index contributed by atoms with van der Waals surface area (Å²) in [5.41, 5.74) is 1.57. The molecule has 2 unspecified atom stereocenters. The van der Waals surface area contributed by atoms with Crippen molar-refractivity contribution in [3.8, 4) is 0 Å². The van der Waals surface area contributed by atoms with Gasteiger partial charge in [0.25, 0.3) is 0 Å². The van der Waals surface area contributed by atoms with E-state index in [1.165, 1.54) is 25.3 Å². The van der Waals surface area contributed by atoms with Crippen LogP contribution in [-0.2, 0) is 13.2 Å². The normalized spacial score (nSPS) is 29.7. The largest absolute Gasteiger partial charge is 0.392 e. The van der Waals surface area contributed by atoms with Crippen LogP contribution in [0.25, 0.3) is 0 Å². The van der Waals surface area contributed by atoms with E-state index in [9.17, 15) is 4.39 Å². The third-order valence-corrected chi connectivity index (χ3v) is 4.67. The van der Waals surface area contributed by atoms with Crippen molar-refractivity contribution < 1.29 is 9.50 Å². The van der Waals surface area contributed by atoms with Crippen molar-refractivity contribution in [3.63, 3.8) is 0 Å². The van der Waals surface area contributed by atoms with Crippen LogP contribution in [0.4, 0.5) is 4.39 Å². The van der Waals surface area contributed by atoms with E-state index in [0.29, 0.717) is 18.2 Å². The highest BCUT2D eigenvalue weighted by Gasteiger charge is 2.45. The van der Waals surface area contributed by atoms with Crippen LogP contribution in [0.2, 0.25) is 0 Å². The van der Waals surface area contributed by atoms with Crippen LogP contribution in [0.15, 0.2) is 18.2 Å². The maximum absolute atomic E-state index is 13.8. The van der Waals surface area contributed by atoms with Gasteiger partial charge in [-0.05, 0) is 49.9 Å². The summed E-state index contributed by atoms with van der Waals surface area (Å²) in [7, 11) is 0. The molecule has 0 aromatic heterocycles. The Kier molecular flexibility index (Phi) is 3.56. The molecule has 3 rings (SSSR count). The minimum atomic E-state index is -0.193. The molecule has 3 nitrogen and oxygen atoms in total. The molecule has 1 aliphatic carbocycles. The minimum absolute atomic E-state index is 0.0391. The summed E-state index contributed by atoms with van der Waals surface area (Å²) in [5, 5.41) is 16.2. The van der Waals surface area contributed by atoms with Crippen LogP contribution in [0, 0.1) is 5.82 Å². The van der Waals surface area contributed by atoms with E-state index in [4.69, 9.17) is 5.11 Å². The van der Waals surface area contributed by atoms with Crippen molar-refractivity contribution in [2.45, 2.75) is 50.4 Å². The second-order valence-corrected chi connectivity index (χ2v) is 5.74. The second kappa shape index (κ2) is 5.19. The van der Waals surface area contributed by atoms with Gasteiger partial charge in [-0.25, -0.2) is 4.39 Å². The van der Waals surface area contributed by atoms with Crippen molar-refractivity contribution in [2.24, 2.45) is 0 Å². The smallest absolute Gasteiger partial charge is 0.127 e. The van der Waals surface area contributed by atoms with Gasteiger partial charge in [-0.15, -0.1) is 0 Å². The number of halogens is 1. The number of aliphatic hydroxyl groups excluding tert-OH is 1. The van der Waals surface area contributed by atoms with Crippen molar-refractivity contribution in [2.75, 3.05) is 6.54 Å². The van der Waals surface area contributed by atoms with Crippen LogP contribution in [0.5, 0.6) is 0 Å². The van der Waals surface area contributed by atoms with Crippen molar-refractivity contribution in [1.29, 1.82) is 0 Å². The molecule has 4 heteroatoms. The molecule has 104 valence electrons. The van der Waals surface area contributed by atoms with Crippen molar-refractivity contribution >= 4 is 0 Å². The number of fused-ring (bicyclic) bond motifs is 1. The Hall–Kier alpha value is -0.970. The van der Waals surface area contributed by atoms with E-state index in [1.807, 2.05) is 0 Å². The Labute approximate surface area is 113 Å². The first-order valence-electron chi connectivity index (χ1n) is 7.10. The van der Waals surface area contributed by atoms with Crippen LogP contribution in [0.1, 0.15) is 36.8 Å². The first-order valence-corrected chi connectivity index (χ1v) is 7.10. The van der Waals surface area contributed by atoms with Gasteiger partial charge in [-0.1, -0.05) is 6.07 Å². The van der Waals surface area contributed by atoms with Gasteiger partial charge >= 0.3 is 0 Å². The van der Waals surface area contributed by atoms with E-state index in [1.54, 1.807) is 12.1 Å². The molecule has 0 bridgehead atoms. The lowest BCUT2D eigenvalue weighted by atomic mass is 9.92. The SMILES string of the molecule is OCc1ccc(F)c(CNC23CCCC2NCC3)c1. The van der Waals surface area contributed by atoms with Gasteiger partial charge < -0.3 is 15.7 Å². The Morgan fingerprint density at radius 1 is 1.42 bits per heavy atom. The maximum Gasteiger partial charge on any atom is 0.127 e. The van der Waals surface area contributed by atoms with Gasteiger partial charge in [0.1, 0.15) is 5.82 Å². The third-order valence-electron chi connectivity index (χ3n) is 4.67. The van der Waals surface area contributed by atoms with Crippen LogP contribution in [-0.4, -0.2) is 23.2 Å². The van der Waals surface area contributed by atoms with Crippen molar-refractivity contribution in [1.82, 2.24) is 10.6 Å². The Balaban J connectivity index is 1.72. The van der Waals surface area contributed by atoms with Gasteiger partial charge in [0.15, 0.2) is 0 Å². The highest BCUT2D eigenvalue weighted by Crippen LogP contribution is 2.36. The zero-order valence-corrected chi connectivity index (χ0v) is 11.1. The van der Waals surface area contributed by atoms with Gasteiger partial charge in [-0.3, -0.25) is 0 Å². The molecule has 2 aliphatic rings. The summed E-state index contributed by atoms with van der Waals surface area (Å²) in [5.74, 6) is -0.193. The fraction of sp³-hybridized carbons (Fsp3) is 0.600. The summed E-state index contributed by atoms with van der Waals surface area (Å²) >= 11 is 0. The van der Waals surface area contributed by atoms with Crippen LogP contribution >= 0.6 is 0 Å². The molecule has 1 aromatic rings. The fourth-order valence-electron chi connectivity index (χ4n) is 3.57. The Morgan fingerprint density at radius 3 is 3.16 bits per heavy atom. The first-order chi connectivity index (χ1) is 9.23. The molecule has 1 aliphatic heterocycles. The molecule has 2 fully saturated rings. The Bertz CT molecular complexity index is 453. The Morgan fingerprint density at radius 2 is 2.32 bits per heavy atom.